The molecule has 2 aromatic rings. The van der Waals surface area contributed by atoms with Crippen molar-refractivity contribution in [1.29, 1.82) is 0 Å². The minimum atomic E-state index is 0.255. The predicted octanol–water partition coefficient (Wildman–Crippen LogP) is 4.51. The van der Waals surface area contributed by atoms with Crippen molar-refractivity contribution in [3.8, 4) is 0 Å². The minimum Gasteiger partial charge on any atom is -0.312 e. The lowest BCUT2D eigenvalue weighted by atomic mass is 10.1. The van der Waals surface area contributed by atoms with E-state index in [1.807, 2.05) is 23.1 Å². The minimum absolute atomic E-state index is 0.255. The van der Waals surface area contributed by atoms with Crippen LogP contribution in [0.25, 0.3) is 10.8 Å². The lowest BCUT2D eigenvalue weighted by Crippen LogP contribution is -2.30. The van der Waals surface area contributed by atoms with Crippen LogP contribution in [0.3, 0.4) is 0 Å². The molecule has 1 aliphatic rings. The van der Waals surface area contributed by atoms with Gasteiger partial charge in [0.2, 0.25) is 5.91 Å². The zero-order valence-electron chi connectivity index (χ0n) is 10.7. The van der Waals surface area contributed by atoms with Gasteiger partial charge >= 0.3 is 0 Å². The summed E-state index contributed by atoms with van der Waals surface area (Å²) >= 11 is 3.58. The van der Waals surface area contributed by atoms with Gasteiger partial charge in [-0.15, -0.1) is 0 Å². The molecule has 19 heavy (non-hydrogen) atoms. The SMILES string of the molecule is O=C1CCCCCN1c1ccc(Br)c2ccccc12. The Labute approximate surface area is 121 Å². The number of rotatable bonds is 1. The van der Waals surface area contributed by atoms with E-state index >= 15 is 0 Å². The summed E-state index contributed by atoms with van der Waals surface area (Å²) in [4.78, 5) is 14.2. The number of carbonyl (C=O) groups is 1. The molecule has 0 radical (unpaired) electrons. The Hall–Kier alpha value is -1.35. The fraction of sp³-hybridized carbons (Fsp3) is 0.312. The van der Waals surface area contributed by atoms with Crippen LogP contribution >= 0.6 is 15.9 Å². The van der Waals surface area contributed by atoms with Crippen LogP contribution in [0.4, 0.5) is 5.69 Å². The Balaban J connectivity index is 2.14. The Morgan fingerprint density at radius 3 is 2.58 bits per heavy atom. The van der Waals surface area contributed by atoms with Gasteiger partial charge in [0.1, 0.15) is 0 Å². The van der Waals surface area contributed by atoms with Crippen molar-refractivity contribution in [3.63, 3.8) is 0 Å². The molecule has 1 saturated heterocycles. The normalized spacial score (nSPS) is 16.7. The van der Waals surface area contributed by atoms with Crippen molar-refractivity contribution in [1.82, 2.24) is 0 Å². The second kappa shape index (κ2) is 5.33. The molecule has 0 bridgehead atoms. The molecule has 3 heteroatoms. The molecule has 1 fully saturated rings. The van der Waals surface area contributed by atoms with E-state index in [-0.39, 0.29) is 5.91 Å². The molecule has 2 aromatic carbocycles. The highest BCUT2D eigenvalue weighted by atomic mass is 79.9. The molecule has 2 nitrogen and oxygen atoms in total. The Morgan fingerprint density at radius 1 is 0.947 bits per heavy atom. The fourth-order valence-corrected chi connectivity index (χ4v) is 3.20. The summed E-state index contributed by atoms with van der Waals surface area (Å²) in [5.41, 5.74) is 1.05. The molecule has 3 rings (SSSR count). The summed E-state index contributed by atoms with van der Waals surface area (Å²) in [7, 11) is 0. The zero-order chi connectivity index (χ0) is 13.2. The largest absolute Gasteiger partial charge is 0.312 e. The highest BCUT2D eigenvalue weighted by Crippen LogP contribution is 2.33. The van der Waals surface area contributed by atoms with Crippen molar-refractivity contribution < 1.29 is 4.79 Å². The third kappa shape index (κ3) is 2.39. The molecule has 0 unspecified atom stereocenters. The molecule has 0 atom stereocenters. The van der Waals surface area contributed by atoms with Crippen LogP contribution in [0.15, 0.2) is 40.9 Å². The first-order chi connectivity index (χ1) is 9.27. The quantitative estimate of drug-likeness (QED) is 0.757. The van der Waals surface area contributed by atoms with Crippen molar-refractivity contribution in [2.75, 3.05) is 11.4 Å². The Kier molecular flexibility index (Phi) is 3.56. The highest BCUT2D eigenvalue weighted by Gasteiger charge is 2.20. The van der Waals surface area contributed by atoms with E-state index < -0.39 is 0 Å². The van der Waals surface area contributed by atoms with Gasteiger partial charge < -0.3 is 4.90 Å². The van der Waals surface area contributed by atoms with Gasteiger partial charge in [0.05, 0.1) is 5.69 Å². The number of nitrogens with zero attached hydrogens (tertiary/aromatic N) is 1. The van der Waals surface area contributed by atoms with Gasteiger partial charge in [0.15, 0.2) is 0 Å². The maximum Gasteiger partial charge on any atom is 0.226 e. The average Bonchev–Trinajstić information content (AvgIpc) is 2.65. The van der Waals surface area contributed by atoms with E-state index in [0.717, 1.165) is 46.7 Å². The smallest absolute Gasteiger partial charge is 0.226 e. The van der Waals surface area contributed by atoms with Crippen molar-refractivity contribution >= 4 is 38.3 Å². The van der Waals surface area contributed by atoms with Gasteiger partial charge in [-0.25, -0.2) is 0 Å². The van der Waals surface area contributed by atoms with E-state index in [2.05, 4.69) is 34.1 Å². The first-order valence-corrected chi connectivity index (χ1v) is 7.54. The summed E-state index contributed by atoms with van der Waals surface area (Å²) in [5, 5.41) is 2.31. The molecule has 1 aliphatic heterocycles. The number of carbonyl (C=O) groups excluding carboxylic acids is 1. The molecular weight excluding hydrogens is 302 g/mol. The first-order valence-electron chi connectivity index (χ1n) is 6.75. The third-order valence-electron chi connectivity index (χ3n) is 3.71. The van der Waals surface area contributed by atoms with Crippen molar-refractivity contribution in [3.05, 3.63) is 40.9 Å². The molecule has 0 spiro atoms. The molecular formula is C16H16BrNO. The summed E-state index contributed by atoms with van der Waals surface area (Å²) in [5.74, 6) is 0.255. The average molecular weight is 318 g/mol. The number of amides is 1. The third-order valence-corrected chi connectivity index (χ3v) is 4.40. The van der Waals surface area contributed by atoms with Crippen LogP contribution in [0, 0.1) is 0 Å². The first kappa shape index (κ1) is 12.7. The molecule has 0 aliphatic carbocycles. The van der Waals surface area contributed by atoms with Gasteiger partial charge in [-0.1, -0.05) is 46.6 Å². The van der Waals surface area contributed by atoms with E-state index in [1.165, 1.54) is 0 Å². The number of hydrogen-bond donors (Lipinski definition) is 0. The number of anilines is 1. The number of fused-ring (bicyclic) bond motifs is 1. The van der Waals surface area contributed by atoms with E-state index in [9.17, 15) is 4.79 Å². The standard InChI is InChI=1S/C16H16BrNO/c17-14-9-10-15(13-7-4-3-6-12(13)14)18-11-5-1-2-8-16(18)19/h3-4,6-7,9-10H,1-2,5,8,11H2. The van der Waals surface area contributed by atoms with Gasteiger partial charge in [0.25, 0.3) is 0 Å². The molecule has 0 N–H and O–H groups in total. The summed E-state index contributed by atoms with van der Waals surface area (Å²) < 4.78 is 1.08. The molecule has 0 saturated carbocycles. The van der Waals surface area contributed by atoms with Crippen LogP contribution in [-0.2, 0) is 4.79 Å². The Morgan fingerprint density at radius 2 is 1.74 bits per heavy atom. The summed E-state index contributed by atoms with van der Waals surface area (Å²) in [6.07, 6.45) is 3.93. The van der Waals surface area contributed by atoms with Crippen molar-refractivity contribution in [2.45, 2.75) is 25.7 Å². The Bertz CT molecular complexity index is 623. The summed E-state index contributed by atoms with van der Waals surface area (Å²) in [6.45, 7) is 0.838. The monoisotopic (exact) mass is 317 g/mol. The second-order valence-corrected chi connectivity index (χ2v) is 5.82. The maximum absolute atomic E-state index is 12.3. The lowest BCUT2D eigenvalue weighted by Gasteiger charge is -2.22. The fourth-order valence-electron chi connectivity index (χ4n) is 2.72. The lowest BCUT2D eigenvalue weighted by molar-refractivity contribution is -0.118. The van der Waals surface area contributed by atoms with Crippen molar-refractivity contribution in [2.24, 2.45) is 0 Å². The highest BCUT2D eigenvalue weighted by molar-refractivity contribution is 9.10. The van der Waals surface area contributed by atoms with E-state index in [4.69, 9.17) is 0 Å². The van der Waals surface area contributed by atoms with Crippen LogP contribution in [0.5, 0.6) is 0 Å². The number of halogens is 1. The van der Waals surface area contributed by atoms with Gasteiger partial charge in [-0.3, -0.25) is 4.79 Å². The van der Waals surface area contributed by atoms with Crippen LogP contribution < -0.4 is 4.90 Å². The molecule has 98 valence electrons. The number of hydrogen-bond acceptors (Lipinski definition) is 1. The molecule has 1 heterocycles. The van der Waals surface area contributed by atoms with Crippen LogP contribution in [0.2, 0.25) is 0 Å². The van der Waals surface area contributed by atoms with Gasteiger partial charge in [0, 0.05) is 22.8 Å². The number of benzene rings is 2. The topological polar surface area (TPSA) is 20.3 Å². The van der Waals surface area contributed by atoms with Crippen LogP contribution in [-0.4, -0.2) is 12.5 Å². The predicted molar refractivity (Wildman–Crippen MR) is 82.5 cm³/mol. The van der Waals surface area contributed by atoms with Gasteiger partial charge in [-0.05, 0) is 30.4 Å². The summed E-state index contributed by atoms with van der Waals surface area (Å²) in [6, 6.07) is 12.3. The van der Waals surface area contributed by atoms with Crippen LogP contribution in [0.1, 0.15) is 25.7 Å². The zero-order valence-corrected chi connectivity index (χ0v) is 12.3. The molecule has 0 aromatic heterocycles. The van der Waals surface area contributed by atoms with E-state index in [0.29, 0.717) is 6.42 Å². The van der Waals surface area contributed by atoms with Gasteiger partial charge in [-0.2, -0.15) is 0 Å². The van der Waals surface area contributed by atoms with E-state index in [1.54, 1.807) is 0 Å². The second-order valence-electron chi connectivity index (χ2n) is 4.97. The maximum atomic E-state index is 12.3. The molecule has 1 amide bonds.